The molecule has 0 aliphatic carbocycles. The highest BCUT2D eigenvalue weighted by Gasteiger charge is 2.11. The Hall–Kier alpha value is -2.64. The number of halogens is 2. The van der Waals surface area contributed by atoms with Crippen LogP contribution in [0.5, 0.6) is 0 Å². The second kappa shape index (κ2) is 7.22. The maximum atomic E-state index is 13.4. The summed E-state index contributed by atoms with van der Waals surface area (Å²) in [5, 5.41) is 2.42. The molecule has 6 nitrogen and oxygen atoms in total. The highest BCUT2D eigenvalue weighted by Crippen LogP contribution is 2.13. The molecule has 0 spiro atoms. The number of nitrogens with one attached hydrogen (secondary N) is 1. The van der Waals surface area contributed by atoms with Gasteiger partial charge in [-0.25, -0.2) is 13.6 Å². The summed E-state index contributed by atoms with van der Waals surface area (Å²) in [7, 11) is 0. The van der Waals surface area contributed by atoms with Crippen molar-refractivity contribution in [2.45, 2.75) is 20.4 Å². The van der Waals surface area contributed by atoms with Gasteiger partial charge in [-0.2, -0.15) is 0 Å². The summed E-state index contributed by atoms with van der Waals surface area (Å²) in [5.41, 5.74) is -2.74. The Balaban J connectivity index is 0.00000106. The van der Waals surface area contributed by atoms with Crippen LogP contribution in [0.1, 0.15) is 19.4 Å². The number of H-pyrrole nitrogens is 1. The number of benzene rings is 1. The highest BCUT2D eigenvalue weighted by atomic mass is 19.1. The van der Waals surface area contributed by atoms with Gasteiger partial charge in [-0.1, -0.05) is 19.9 Å². The minimum atomic E-state index is -0.953. The fourth-order valence-corrected chi connectivity index (χ4v) is 1.53. The van der Waals surface area contributed by atoms with Crippen LogP contribution in [0, 0.1) is 16.5 Å². The Morgan fingerprint density at radius 3 is 2.29 bits per heavy atom. The van der Waals surface area contributed by atoms with E-state index in [1.165, 1.54) is 6.07 Å². The first kappa shape index (κ1) is 16.4. The highest BCUT2D eigenvalue weighted by molar-refractivity contribution is 5.30. The molecule has 0 aliphatic rings. The van der Waals surface area contributed by atoms with Crippen molar-refractivity contribution in [2.75, 3.05) is 0 Å². The number of nitrogens with zero attached hydrogens (tertiary/aromatic N) is 2. The number of nitroso groups, excluding NO2 is 1. The van der Waals surface area contributed by atoms with Crippen LogP contribution in [0.4, 0.5) is 14.5 Å². The first-order valence-electron chi connectivity index (χ1n) is 6.13. The van der Waals surface area contributed by atoms with Crippen LogP contribution in [-0.2, 0) is 6.54 Å². The molecule has 112 valence electrons. The molecule has 2 rings (SSSR count). The fraction of sp³-hybridized carbons (Fsp3) is 0.231. The molecule has 1 N–H and O–H groups in total. The van der Waals surface area contributed by atoms with E-state index in [0.29, 0.717) is 0 Å². The lowest BCUT2D eigenvalue weighted by atomic mass is 10.2. The van der Waals surface area contributed by atoms with Crippen LogP contribution in [0.15, 0.2) is 39.2 Å². The Labute approximate surface area is 118 Å². The van der Waals surface area contributed by atoms with Crippen LogP contribution in [0.3, 0.4) is 0 Å². The molecule has 0 saturated carbocycles. The molecule has 0 bridgehead atoms. The van der Waals surface area contributed by atoms with Crippen LogP contribution < -0.4 is 11.2 Å². The minimum absolute atomic E-state index is 0.353. The second-order valence-corrected chi connectivity index (χ2v) is 3.69. The van der Waals surface area contributed by atoms with Crippen molar-refractivity contribution in [3.8, 4) is 0 Å². The summed E-state index contributed by atoms with van der Waals surface area (Å²) in [5.74, 6) is -1.67. The Bertz CT molecular complexity index is 733. The molecular formula is C13H13F2N3O3. The minimum Gasteiger partial charge on any atom is -0.294 e. The SMILES string of the molecule is CC.O=Nc1cn(Cc2c(F)cccc2F)c(=O)[nH]c1=O. The molecule has 0 unspecified atom stereocenters. The third kappa shape index (κ3) is 3.68. The lowest BCUT2D eigenvalue weighted by Crippen LogP contribution is -2.29. The van der Waals surface area contributed by atoms with E-state index < -0.39 is 35.1 Å². The molecular weight excluding hydrogens is 284 g/mol. The number of hydrogen-bond acceptors (Lipinski definition) is 4. The van der Waals surface area contributed by atoms with E-state index in [4.69, 9.17) is 0 Å². The van der Waals surface area contributed by atoms with Crippen LogP contribution in [0.25, 0.3) is 0 Å². The van der Waals surface area contributed by atoms with Gasteiger partial charge in [0, 0.05) is 11.8 Å². The summed E-state index contributed by atoms with van der Waals surface area (Å²) in [6, 6.07) is 3.25. The smallest absolute Gasteiger partial charge is 0.294 e. The fourth-order valence-electron chi connectivity index (χ4n) is 1.53. The summed E-state index contributed by atoms with van der Waals surface area (Å²) in [4.78, 5) is 34.7. The van der Waals surface area contributed by atoms with Gasteiger partial charge in [-0.15, -0.1) is 4.91 Å². The maximum absolute atomic E-state index is 13.4. The van der Waals surface area contributed by atoms with Gasteiger partial charge in [0.05, 0.1) is 6.54 Å². The number of aromatic nitrogens is 2. The topological polar surface area (TPSA) is 84.3 Å². The van der Waals surface area contributed by atoms with E-state index in [2.05, 4.69) is 5.18 Å². The van der Waals surface area contributed by atoms with E-state index in [1.54, 1.807) is 0 Å². The van der Waals surface area contributed by atoms with Gasteiger partial charge in [0.1, 0.15) is 11.6 Å². The van der Waals surface area contributed by atoms with Crippen molar-refractivity contribution in [3.63, 3.8) is 0 Å². The molecule has 0 aliphatic heterocycles. The van der Waals surface area contributed by atoms with E-state index >= 15 is 0 Å². The molecule has 1 aromatic heterocycles. The molecule has 1 heterocycles. The lowest BCUT2D eigenvalue weighted by molar-refractivity contribution is 0.539. The molecule has 0 saturated heterocycles. The summed E-state index contributed by atoms with van der Waals surface area (Å²) >= 11 is 0. The van der Waals surface area contributed by atoms with Crippen molar-refractivity contribution >= 4 is 5.69 Å². The van der Waals surface area contributed by atoms with Crippen molar-refractivity contribution in [3.05, 3.63) is 67.3 Å². The maximum Gasteiger partial charge on any atom is 0.328 e. The van der Waals surface area contributed by atoms with E-state index in [-0.39, 0.29) is 5.56 Å². The van der Waals surface area contributed by atoms with Gasteiger partial charge in [0.2, 0.25) is 0 Å². The predicted octanol–water partition coefficient (Wildman–Crippen LogP) is 2.29. The molecule has 0 radical (unpaired) electrons. The molecule has 0 atom stereocenters. The average molecular weight is 297 g/mol. The number of hydrogen-bond donors (Lipinski definition) is 1. The largest absolute Gasteiger partial charge is 0.328 e. The predicted molar refractivity (Wildman–Crippen MR) is 73.6 cm³/mol. The van der Waals surface area contributed by atoms with Gasteiger partial charge in [0.25, 0.3) is 5.56 Å². The Morgan fingerprint density at radius 2 is 1.76 bits per heavy atom. The molecule has 2 aromatic rings. The summed E-state index contributed by atoms with van der Waals surface area (Å²) < 4.78 is 27.6. The molecule has 8 heteroatoms. The quantitative estimate of drug-likeness (QED) is 0.882. The van der Waals surface area contributed by atoms with Crippen LogP contribution >= 0.6 is 0 Å². The standard InChI is InChI=1S/C11H7F2N3O3.C2H6/c12-7-2-1-3-8(13)6(7)4-16-5-9(15-19)10(17)14-11(16)18;1-2/h1-3,5H,4H2,(H,14,17,18);1-2H3. The zero-order valence-electron chi connectivity index (χ0n) is 11.4. The number of rotatable bonds is 3. The van der Waals surface area contributed by atoms with E-state index in [1.807, 2.05) is 18.8 Å². The monoisotopic (exact) mass is 297 g/mol. The molecule has 1 aromatic carbocycles. The molecule has 0 fully saturated rings. The van der Waals surface area contributed by atoms with Crippen molar-refractivity contribution in [1.29, 1.82) is 0 Å². The Kier molecular flexibility index (Phi) is 5.65. The zero-order chi connectivity index (χ0) is 16.0. The molecule has 0 amide bonds. The third-order valence-electron chi connectivity index (χ3n) is 2.48. The van der Waals surface area contributed by atoms with Gasteiger partial charge in [0.15, 0.2) is 5.69 Å². The molecule has 21 heavy (non-hydrogen) atoms. The van der Waals surface area contributed by atoms with Crippen LogP contribution in [-0.4, -0.2) is 9.55 Å². The third-order valence-corrected chi connectivity index (χ3v) is 2.48. The lowest BCUT2D eigenvalue weighted by Gasteiger charge is -2.07. The van der Waals surface area contributed by atoms with Crippen molar-refractivity contribution < 1.29 is 8.78 Å². The van der Waals surface area contributed by atoms with E-state index in [9.17, 15) is 23.3 Å². The summed E-state index contributed by atoms with van der Waals surface area (Å²) in [6.45, 7) is 3.54. The van der Waals surface area contributed by atoms with E-state index in [0.717, 1.165) is 22.9 Å². The first-order valence-corrected chi connectivity index (χ1v) is 6.13. The number of aromatic amines is 1. The summed E-state index contributed by atoms with van der Waals surface area (Å²) in [6.07, 6.45) is 0.847. The van der Waals surface area contributed by atoms with Crippen molar-refractivity contribution in [1.82, 2.24) is 9.55 Å². The van der Waals surface area contributed by atoms with Crippen LogP contribution in [0.2, 0.25) is 0 Å². The Morgan fingerprint density at radius 1 is 1.19 bits per heavy atom. The normalized spacial score (nSPS) is 9.71. The zero-order valence-corrected chi connectivity index (χ0v) is 11.4. The first-order chi connectivity index (χ1) is 10.0. The van der Waals surface area contributed by atoms with Crippen molar-refractivity contribution in [2.24, 2.45) is 5.18 Å². The van der Waals surface area contributed by atoms with Gasteiger partial charge in [-0.3, -0.25) is 14.3 Å². The van der Waals surface area contributed by atoms with Gasteiger partial charge in [-0.05, 0) is 17.3 Å². The van der Waals surface area contributed by atoms with Gasteiger partial charge < -0.3 is 0 Å². The average Bonchev–Trinajstić information content (AvgIpc) is 2.47. The van der Waals surface area contributed by atoms with Gasteiger partial charge >= 0.3 is 5.69 Å². The second-order valence-electron chi connectivity index (χ2n) is 3.69.